The zero-order chi connectivity index (χ0) is 15.1. The van der Waals surface area contributed by atoms with E-state index in [2.05, 4.69) is 27.0 Å². The molecule has 1 aromatic carbocycles. The van der Waals surface area contributed by atoms with Crippen molar-refractivity contribution in [2.75, 3.05) is 20.1 Å². The predicted octanol–water partition coefficient (Wildman–Crippen LogP) is 2.26. The quantitative estimate of drug-likeness (QED) is 0.925. The summed E-state index contributed by atoms with van der Waals surface area (Å²) in [4.78, 5) is 17.5. The fraction of sp³-hybridized carbons (Fsp3) is 0.529. The lowest BCUT2D eigenvalue weighted by atomic mass is 10.0. The predicted molar refractivity (Wildman–Crippen MR) is 85.8 cm³/mol. The minimum atomic E-state index is 0.0836. The van der Waals surface area contributed by atoms with Crippen molar-refractivity contribution < 1.29 is 4.79 Å². The summed E-state index contributed by atoms with van der Waals surface area (Å²) < 4.78 is 0. The fourth-order valence-electron chi connectivity index (χ4n) is 4.13. The van der Waals surface area contributed by atoms with Crippen LogP contribution in [0, 0.1) is 0 Å². The molecule has 0 saturated carbocycles. The largest absolute Gasteiger partial charge is 0.333 e. The number of nitrogens with one attached hydrogen (secondary N) is 1. The zero-order valence-electron chi connectivity index (χ0n) is 13.0. The highest BCUT2D eigenvalue weighted by Gasteiger charge is 2.39. The first-order valence-corrected chi connectivity index (χ1v) is 8.20. The number of fused-ring (bicyclic) bond motifs is 1. The minimum Gasteiger partial charge on any atom is -0.333 e. The van der Waals surface area contributed by atoms with Gasteiger partial charge < -0.3 is 9.80 Å². The third-order valence-corrected chi connectivity index (χ3v) is 5.25. The van der Waals surface area contributed by atoms with Gasteiger partial charge in [-0.05, 0) is 45.3 Å². The number of rotatable bonds is 2. The summed E-state index contributed by atoms with van der Waals surface area (Å²) >= 11 is 0. The Morgan fingerprint density at radius 3 is 2.77 bits per heavy atom. The van der Waals surface area contributed by atoms with E-state index in [0.717, 1.165) is 36.8 Å². The van der Waals surface area contributed by atoms with Gasteiger partial charge in [-0.15, -0.1) is 0 Å². The van der Waals surface area contributed by atoms with Crippen LogP contribution in [0.4, 0.5) is 0 Å². The van der Waals surface area contributed by atoms with Crippen molar-refractivity contribution in [1.29, 1.82) is 0 Å². The van der Waals surface area contributed by atoms with Crippen LogP contribution in [0.25, 0.3) is 10.9 Å². The smallest absolute Gasteiger partial charge is 0.275 e. The highest BCUT2D eigenvalue weighted by molar-refractivity contribution is 6.04. The Morgan fingerprint density at radius 2 is 1.95 bits per heavy atom. The molecule has 5 heteroatoms. The third-order valence-electron chi connectivity index (χ3n) is 5.25. The van der Waals surface area contributed by atoms with Crippen molar-refractivity contribution in [3.05, 3.63) is 30.0 Å². The summed E-state index contributed by atoms with van der Waals surface area (Å²) in [6, 6.07) is 8.71. The number of likely N-dealkylation sites (N-methyl/N-ethyl adjacent to an activating group) is 1. The molecule has 0 bridgehead atoms. The normalized spacial score (nSPS) is 26.1. The number of benzene rings is 1. The van der Waals surface area contributed by atoms with Crippen LogP contribution in [0.1, 0.15) is 36.2 Å². The highest BCUT2D eigenvalue weighted by Crippen LogP contribution is 2.30. The van der Waals surface area contributed by atoms with Gasteiger partial charge in [0.05, 0.1) is 5.52 Å². The molecule has 22 heavy (non-hydrogen) atoms. The second-order valence-electron chi connectivity index (χ2n) is 6.52. The minimum absolute atomic E-state index is 0.0836. The van der Waals surface area contributed by atoms with Crippen LogP contribution in [0.3, 0.4) is 0 Å². The van der Waals surface area contributed by atoms with Gasteiger partial charge in [-0.3, -0.25) is 9.89 Å². The number of carbonyl (C=O) groups excluding carboxylic acids is 1. The summed E-state index contributed by atoms with van der Waals surface area (Å²) in [6.07, 6.45) is 4.66. The summed E-state index contributed by atoms with van der Waals surface area (Å²) in [5.41, 5.74) is 1.50. The van der Waals surface area contributed by atoms with Crippen molar-refractivity contribution >= 4 is 16.8 Å². The van der Waals surface area contributed by atoms with Crippen LogP contribution in [0.5, 0.6) is 0 Å². The molecule has 2 aliphatic heterocycles. The lowest BCUT2D eigenvalue weighted by Crippen LogP contribution is -2.47. The second-order valence-corrected chi connectivity index (χ2v) is 6.52. The number of H-pyrrole nitrogens is 1. The molecule has 0 spiro atoms. The molecule has 1 N–H and O–H groups in total. The number of aromatic nitrogens is 2. The Labute approximate surface area is 130 Å². The number of aromatic amines is 1. The molecular formula is C17H22N4O. The number of likely N-dealkylation sites (tertiary alicyclic amines) is 2. The van der Waals surface area contributed by atoms with E-state index in [-0.39, 0.29) is 5.91 Å². The summed E-state index contributed by atoms with van der Waals surface area (Å²) in [5.74, 6) is 0.0836. The number of amides is 1. The summed E-state index contributed by atoms with van der Waals surface area (Å²) in [7, 11) is 2.18. The first-order valence-electron chi connectivity index (χ1n) is 8.20. The van der Waals surface area contributed by atoms with Crippen LogP contribution < -0.4 is 0 Å². The van der Waals surface area contributed by atoms with Gasteiger partial charge in [0.1, 0.15) is 0 Å². The van der Waals surface area contributed by atoms with Gasteiger partial charge in [-0.1, -0.05) is 18.2 Å². The van der Waals surface area contributed by atoms with Gasteiger partial charge >= 0.3 is 0 Å². The topological polar surface area (TPSA) is 52.2 Å². The zero-order valence-corrected chi connectivity index (χ0v) is 13.0. The first-order chi connectivity index (χ1) is 10.8. The molecule has 1 aromatic heterocycles. The van der Waals surface area contributed by atoms with Gasteiger partial charge in [-0.25, -0.2) is 0 Å². The van der Waals surface area contributed by atoms with Crippen molar-refractivity contribution in [3.8, 4) is 0 Å². The Bertz CT molecular complexity index is 695. The number of para-hydroxylation sites is 1. The maximum Gasteiger partial charge on any atom is 0.275 e. The average Bonchev–Trinajstić information content (AvgIpc) is 3.24. The molecule has 0 radical (unpaired) electrons. The molecular weight excluding hydrogens is 276 g/mol. The lowest BCUT2D eigenvalue weighted by Gasteiger charge is -2.32. The Balaban J connectivity index is 1.64. The molecule has 5 nitrogen and oxygen atoms in total. The van der Waals surface area contributed by atoms with Crippen LogP contribution in [-0.2, 0) is 0 Å². The highest BCUT2D eigenvalue weighted by atomic mass is 16.2. The van der Waals surface area contributed by atoms with E-state index in [1.54, 1.807) is 0 Å². The van der Waals surface area contributed by atoms with E-state index < -0.39 is 0 Å². The van der Waals surface area contributed by atoms with Gasteiger partial charge in [-0.2, -0.15) is 5.10 Å². The summed E-state index contributed by atoms with van der Waals surface area (Å²) in [5, 5.41) is 8.20. The molecule has 2 fully saturated rings. The van der Waals surface area contributed by atoms with Crippen LogP contribution in [0.2, 0.25) is 0 Å². The molecule has 3 heterocycles. The maximum atomic E-state index is 13.0. The van der Waals surface area contributed by atoms with E-state index >= 15 is 0 Å². The Kier molecular flexibility index (Phi) is 3.37. The van der Waals surface area contributed by atoms with Crippen molar-refractivity contribution in [1.82, 2.24) is 20.0 Å². The number of carbonyl (C=O) groups is 1. The van der Waals surface area contributed by atoms with Crippen molar-refractivity contribution in [3.63, 3.8) is 0 Å². The molecule has 2 atom stereocenters. The molecule has 0 aliphatic carbocycles. The van der Waals surface area contributed by atoms with E-state index in [4.69, 9.17) is 0 Å². The second kappa shape index (κ2) is 5.39. The van der Waals surface area contributed by atoms with Gasteiger partial charge in [0.2, 0.25) is 0 Å². The Morgan fingerprint density at radius 1 is 1.18 bits per heavy atom. The molecule has 116 valence electrons. The van der Waals surface area contributed by atoms with Crippen LogP contribution in [-0.4, -0.2) is 58.1 Å². The van der Waals surface area contributed by atoms with E-state index in [9.17, 15) is 4.79 Å². The molecule has 2 unspecified atom stereocenters. The van der Waals surface area contributed by atoms with Gasteiger partial charge in [0.25, 0.3) is 5.91 Å². The summed E-state index contributed by atoms with van der Waals surface area (Å²) in [6.45, 7) is 2.00. The molecule has 2 saturated heterocycles. The van der Waals surface area contributed by atoms with Gasteiger partial charge in [0, 0.05) is 24.0 Å². The third kappa shape index (κ3) is 2.11. The first kappa shape index (κ1) is 13.8. The fourth-order valence-corrected chi connectivity index (χ4v) is 4.13. The number of hydrogen-bond acceptors (Lipinski definition) is 3. The standard InChI is InChI=1S/C17H22N4O/c1-20-10-4-8-14(20)15-9-5-11-21(15)17(22)16-12-6-2-3-7-13(12)18-19-16/h2-3,6-7,14-15H,4-5,8-11H2,1H3,(H,18,19). The van der Waals surface area contributed by atoms with Crippen LogP contribution >= 0.6 is 0 Å². The Hall–Kier alpha value is -1.88. The molecule has 4 rings (SSSR count). The van der Waals surface area contributed by atoms with Gasteiger partial charge in [0.15, 0.2) is 5.69 Å². The van der Waals surface area contributed by atoms with Crippen molar-refractivity contribution in [2.24, 2.45) is 0 Å². The van der Waals surface area contributed by atoms with Crippen molar-refractivity contribution in [2.45, 2.75) is 37.8 Å². The number of hydrogen-bond donors (Lipinski definition) is 1. The SMILES string of the molecule is CN1CCCC1C1CCCN1C(=O)c1n[nH]c2ccccc12. The van der Waals surface area contributed by atoms with Crippen LogP contribution in [0.15, 0.2) is 24.3 Å². The monoisotopic (exact) mass is 298 g/mol. The lowest BCUT2D eigenvalue weighted by molar-refractivity contribution is 0.0660. The average molecular weight is 298 g/mol. The van der Waals surface area contributed by atoms with E-state index in [1.165, 1.54) is 12.8 Å². The number of nitrogens with zero attached hydrogens (tertiary/aromatic N) is 3. The van der Waals surface area contributed by atoms with E-state index in [0.29, 0.717) is 17.8 Å². The molecule has 1 amide bonds. The molecule has 2 aromatic rings. The molecule has 2 aliphatic rings. The van der Waals surface area contributed by atoms with E-state index in [1.807, 2.05) is 24.3 Å². The maximum absolute atomic E-state index is 13.0.